The predicted octanol–water partition coefficient (Wildman–Crippen LogP) is 13.3. The zero-order valence-corrected chi connectivity index (χ0v) is 36.6. The van der Waals surface area contributed by atoms with Gasteiger partial charge in [-0.15, -0.1) is 28.5 Å². The van der Waals surface area contributed by atoms with Crippen LogP contribution in [0.5, 0.6) is 0 Å². The van der Waals surface area contributed by atoms with E-state index >= 15 is 0 Å². The van der Waals surface area contributed by atoms with Crippen LogP contribution in [0, 0.1) is 31.7 Å². The molecule has 9 rings (SSSR count). The number of aryl methyl sites for hydroxylation is 2. The molecule has 0 amide bonds. The topological polar surface area (TPSA) is 26.3 Å². The maximum atomic E-state index is 6.83. The number of furan rings is 2. The molecule has 0 spiro atoms. The fraction of sp³-hybridized carbons (Fsp3) is 0.229. The number of fused-ring (bicyclic) bond motifs is 2. The first-order chi connectivity index (χ1) is 26.1. The summed E-state index contributed by atoms with van der Waals surface area (Å²) in [4.78, 5) is 1.57. The van der Waals surface area contributed by atoms with Gasteiger partial charge < -0.3 is 8.83 Å². The van der Waals surface area contributed by atoms with Crippen molar-refractivity contribution in [2.45, 2.75) is 71.4 Å². The Morgan fingerprint density at radius 1 is 0.759 bits per heavy atom. The van der Waals surface area contributed by atoms with E-state index in [2.05, 4.69) is 150 Å². The van der Waals surface area contributed by atoms with Crippen molar-refractivity contribution < 1.29 is 29.7 Å². The van der Waals surface area contributed by atoms with Gasteiger partial charge in [-0.2, -0.15) is 0 Å². The SMILES string of the molecule is Cc1ccc(C2=Cc3c(ccc(C)c3-c3ccccc3)C2C2=c3c(cc(=[Si]4CCC4)c(C)c3-c3ccccc3)[C-]=C2c2ccc(C(C)(C)C)o2)o1.[Cl][Zr][Cl]. The standard InChI is InChI=1S/C48H43O2Si.2ClH.Zr/c1-29-18-20-35-36(43(29)32-14-9-7-10-15-32)28-38(39-21-19-30(2)49-39)46(35)47-37(40-22-23-42(50-40)48(4,5)6)26-34-27-41(51-24-13-25-51)31(3)44(45(34)47)33-16-11-8-12-17-33;;;/h7-12,14-23,27-28,46H,13,24-25H2,1-6H3;2*1H;/q-1;;;+2/p-2. The molecule has 54 heavy (non-hydrogen) atoms. The molecule has 2 aliphatic carbocycles. The third kappa shape index (κ3) is 6.72. The van der Waals surface area contributed by atoms with E-state index in [0.29, 0.717) is 0 Å². The van der Waals surface area contributed by atoms with E-state index in [1.54, 1.807) is 4.81 Å². The van der Waals surface area contributed by atoms with Crippen molar-refractivity contribution in [2.24, 2.45) is 0 Å². The van der Waals surface area contributed by atoms with E-state index in [1.807, 2.05) is 6.92 Å². The predicted molar refractivity (Wildman–Crippen MR) is 224 cm³/mol. The molecule has 1 fully saturated rings. The minimum atomic E-state index is -0.826. The Morgan fingerprint density at radius 2 is 1.41 bits per heavy atom. The molecular formula is C48H43Cl2O2SiZr-. The quantitative estimate of drug-likeness (QED) is 0.128. The monoisotopic (exact) mass is 839 g/mol. The second kappa shape index (κ2) is 15.2. The first-order valence-corrected chi connectivity index (χ1v) is 27.0. The van der Waals surface area contributed by atoms with Crippen LogP contribution in [0.4, 0.5) is 0 Å². The van der Waals surface area contributed by atoms with Crippen LogP contribution in [-0.4, -0.2) is 8.41 Å². The molecule has 2 nitrogen and oxygen atoms in total. The van der Waals surface area contributed by atoms with Crippen molar-refractivity contribution in [3.05, 3.63) is 170 Å². The molecule has 0 saturated carbocycles. The zero-order valence-electron chi connectivity index (χ0n) is 31.7. The van der Waals surface area contributed by atoms with Gasteiger partial charge in [0.2, 0.25) is 0 Å². The normalized spacial score (nSPS) is 15.9. The van der Waals surface area contributed by atoms with Crippen LogP contribution in [0.1, 0.15) is 84.0 Å². The summed E-state index contributed by atoms with van der Waals surface area (Å²) in [6.45, 7) is 13.3. The first-order valence-electron chi connectivity index (χ1n) is 18.7. The number of allylic oxidation sites excluding steroid dienone is 2. The van der Waals surface area contributed by atoms with Gasteiger partial charge in [-0.05, 0) is 108 Å². The Morgan fingerprint density at radius 3 is 1.98 bits per heavy atom. The van der Waals surface area contributed by atoms with Crippen molar-refractivity contribution in [3.8, 4) is 22.3 Å². The summed E-state index contributed by atoms with van der Waals surface area (Å²) in [5.74, 6) is 3.59. The summed E-state index contributed by atoms with van der Waals surface area (Å²) in [6.07, 6.45) is 7.78. The number of hydrogen-bond acceptors (Lipinski definition) is 2. The summed E-state index contributed by atoms with van der Waals surface area (Å²) in [5, 5.41) is 1.28. The van der Waals surface area contributed by atoms with Gasteiger partial charge in [0.05, 0.1) is 11.5 Å². The summed E-state index contributed by atoms with van der Waals surface area (Å²) in [7, 11) is 9.28. The number of rotatable bonds is 5. The van der Waals surface area contributed by atoms with Crippen molar-refractivity contribution in [2.75, 3.05) is 0 Å². The first kappa shape index (κ1) is 37.4. The molecule has 4 aromatic carbocycles. The molecule has 3 aliphatic rings. The second-order valence-electron chi connectivity index (χ2n) is 15.6. The zero-order chi connectivity index (χ0) is 37.7. The molecular weight excluding hydrogens is 799 g/mol. The summed E-state index contributed by atoms with van der Waals surface area (Å²) in [6, 6.07) is 40.3. The summed E-state index contributed by atoms with van der Waals surface area (Å²) in [5.41, 5.74) is 14.9. The molecule has 6 heteroatoms. The number of benzene rings is 4. The Labute approximate surface area is 339 Å². The van der Waals surface area contributed by atoms with Crippen LogP contribution in [0.2, 0.25) is 12.1 Å². The van der Waals surface area contributed by atoms with Gasteiger partial charge in [0.15, 0.2) is 0 Å². The van der Waals surface area contributed by atoms with Gasteiger partial charge >= 0.3 is 37.9 Å². The van der Waals surface area contributed by atoms with Crippen molar-refractivity contribution >= 4 is 48.2 Å². The Hall–Kier alpha value is -3.53. The molecule has 1 saturated heterocycles. The van der Waals surface area contributed by atoms with Gasteiger partial charge in [0, 0.05) is 19.7 Å². The van der Waals surface area contributed by atoms with Gasteiger partial charge in [-0.3, -0.25) is 0 Å². The third-order valence-electron chi connectivity index (χ3n) is 11.2. The second-order valence-corrected chi connectivity index (χ2v) is 22.1. The van der Waals surface area contributed by atoms with Crippen molar-refractivity contribution in [1.82, 2.24) is 0 Å². The molecule has 0 N–H and O–H groups in total. The van der Waals surface area contributed by atoms with Gasteiger partial charge in [-0.25, -0.2) is 0 Å². The average Bonchev–Trinajstić information content (AvgIpc) is 3.94. The van der Waals surface area contributed by atoms with Gasteiger partial charge in [0.25, 0.3) is 0 Å². The Balaban J connectivity index is 0.00000134. The van der Waals surface area contributed by atoms with Gasteiger partial charge in [0.1, 0.15) is 11.5 Å². The number of halogens is 2. The fourth-order valence-electron chi connectivity index (χ4n) is 8.46. The van der Waals surface area contributed by atoms with E-state index < -0.39 is 29.3 Å². The fourth-order valence-corrected chi connectivity index (χ4v) is 10.7. The van der Waals surface area contributed by atoms with Crippen molar-refractivity contribution in [3.63, 3.8) is 0 Å². The van der Waals surface area contributed by atoms with Gasteiger partial charge in [-0.1, -0.05) is 116 Å². The summed E-state index contributed by atoms with van der Waals surface area (Å²) >= 11 is -0.826. The van der Waals surface area contributed by atoms with Crippen LogP contribution in [0.15, 0.2) is 112 Å². The van der Waals surface area contributed by atoms with E-state index in [1.165, 1.54) is 84.9 Å². The maximum absolute atomic E-state index is 6.83. The van der Waals surface area contributed by atoms with E-state index in [0.717, 1.165) is 28.6 Å². The van der Waals surface area contributed by atoms with Crippen molar-refractivity contribution in [1.29, 1.82) is 0 Å². The molecule has 2 aromatic heterocycles. The minimum absolute atomic E-state index is 0.0917. The van der Waals surface area contributed by atoms with Crippen LogP contribution in [0.3, 0.4) is 0 Å². The van der Waals surface area contributed by atoms with Crippen LogP contribution < -0.4 is 5.22 Å². The Kier molecular flexibility index (Phi) is 10.5. The molecule has 0 bridgehead atoms. The molecule has 1 atom stereocenters. The number of hydrogen-bond donors (Lipinski definition) is 0. The Bertz CT molecular complexity index is 2580. The van der Waals surface area contributed by atoms with E-state index in [9.17, 15) is 0 Å². The third-order valence-corrected chi connectivity index (χ3v) is 14.4. The van der Waals surface area contributed by atoms with E-state index in [4.69, 9.17) is 25.9 Å². The average molecular weight is 842 g/mol. The van der Waals surface area contributed by atoms with E-state index in [-0.39, 0.29) is 11.3 Å². The van der Waals surface area contributed by atoms with Crippen LogP contribution in [-0.2, 0) is 26.3 Å². The molecule has 1 aliphatic heterocycles. The molecule has 0 radical (unpaired) electrons. The molecule has 6 aromatic rings. The summed E-state index contributed by atoms with van der Waals surface area (Å²) < 4.78 is 13.3. The van der Waals surface area contributed by atoms with Crippen LogP contribution in [0.25, 0.3) is 45.0 Å². The molecule has 1 unspecified atom stereocenters. The van der Waals surface area contributed by atoms with Crippen LogP contribution >= 0.6 is 17.0 Å². The molecule has 270 valence electrons. The molecule has 3 heterocycles.